The van der Waals surface area contributed by atoms with E-state index in [1.165, 1.54) is 12.8 Å². The SMILES string of the molecule is CCC(C(=O)NCC(C)N1CCCC1)C(N)=S. The van der Waals surface area contributed by atoms with Gasteiger partial charge in [0.1, 0.15) is 0 Å². The lowest BCUT2D eigenvalue weighted by atomic mass is 10.1. The van der Waals surface area contributed by atoms with Crippen molar-refractivity contribution in [2.24, 2.45) is 11.7 Å². The molecule has 17 heavy (non-hydrogen) atoms. The molecule has 2 atom stereocenters. The number of nitrogens with zero attached hydrogens (tertiary/aromatic N) is 1. The maximum atomic E-state index is 11.8. The van der Waals surface area contributed by atoms with Gasteiger partial charge in [0.25, 0.3) is 0 Å². The third kappa shape index (κ3) is 4.24. The molecule has 1 saturated heterocycles. The molecule has 1 heterocycles. The molecule has 1 fully saturated rings. The van der Waals surface area contributed by atoms with Gasteiger partial charge in [-0.05, 0) is 39.3 Å². The molecule has 0 aliphatic carbocycles. The minimum absolute atomic E-state index is 0.0361. The number of hydrogen-bond acceptors (Lipinski definition) is 3. The van der Waals surface area contributed by atoms with Crippen molar-refractivity contribution in [3.05, 3.63) is 0 Å². The van der Waals surface area contributed by atoms with E-state index in [0.29, 0.717) is 24.0 Å². The number of nitrogens with one attached hydrogen (secondary N) is 1. The molecule has 4 nitrogen and oxygen atoms in total. The number of likely N-dealkylation sites (tertiary alicyclic amines) is 1. The fourth-order valence-electron chi connectivity index (χ4n) is 2.20. The molecular formula is C12H23N3OS. The van der Waals surface area contributed by atoms with Crippen LogP contribution in [0.25, 0.3) is 0 Å². The highest BCUT2D eigenvalue weighted by Crippen LogP contribution is 2.11. The summed E-state index contributed by atoms with van der Waals surface area (Å²) in [6, 6.07) is 0.394. The van der Waals surface area contributed by atoms with Gasteiger partial charge in [-0.1, -0.05) is 19.1 Å². The summed E-state index contributed by atoms with van der Waals surface area (Å²) in [6.45, 7) is 7.03. The molecule has 0 spiro atoms. The second kappa shape index (κ2) is 6.91. The van der Waals surface area contributed by atoms with E-state index in [9.17, 15) is 4.79 Å². The summed E-state index contributed by atoms with van der Waals surface area (Å²) in [5, 5.41) is 2.94. The molecule has 1 rings (SSSR count). The highest BCUT2D eigenvalue weighted by atomic mass is 32.1. The Balaban J connectivity index is 2.33. The van der Waals surface area contributed by atoms with Crippen molar-refractivity contribution >= 4 is 23.1 Å². The second-order valence-corrected chi connectivity index (χ2v) is 5.17. The van der Waals surface area contributed by atoms with Crippen LogP contribution in [-0.2, 0) is 4.79 Å². The van der Waals surface area contributed by atoms with Gasteiger partial charge in [-0.15, -0.1) is 0 Å². The third-order valence-corrected chi connectivity index (χ3v) is 3.69. The van der Waals surface area contributed by atoms with Crippen molar-refractivity contribution in [2.75, 3.05) is 19.6 Å². The van der Waals surface area contributed by atoms with Crippen molar-refractivity contribution < 1.29 is 4.79 Å². The number of amides is 1. The van der Waals surface area contributed by atoms with Crippen LogP contribution in [0.1, 0.15) is 33.1 Å². The van der Waals surface area contributed by atoms with Crippen molar-refractivity contribution in [3.8, 4) is 0 Å². The van der Waals surface area contributed by atoms with Gasteiger partial charge in [0.2, 0.25) is 5.91 Å². The standard InChI is InChI=1S/C12H23N3OS/c1-3-10(11(13)17)12(16)14-8-9(2)15-6-4-5-7-15/h9-10H,3-8H2,1-2H3,(H2,13,17)(H,14,16). The number of carbonyl (C=O) groups excluding carboxylic acids is 1. The molecule has 1 aliphatic heterocycles. The zero-order valence-electron chi connectivity index (χ0n) is 10.7. The van der Waals surface area contributed by atoms with Crippen LogP contribution in [0.15, 0.2) is 0 Å². The van der Waals surface area contributed by atoms with Crippen LogP contribution in [0, 0.1) is 5.92 Å². The summed E-state index contributed by atoms with van der Waals surface area (Å²) < 4.78 is 0. The fraction of sp³-hybridized carbons (Fsp3) is 0.833. The minimum atomic E-state index is -0.323. The van der Waals surface area contributed by atoms with Crippen LogP contribution in [0.3, 0.4) is 0 Å². The maximum absolute atomic E-state index is 11.8. The molecule has 0 radical (unpaired) electrons. The van der Waals surface area contributed by atoms with E-state index < -0.39 is 0 Å². The number of thiocarbonyl (C=S) groups is 1. The molecule has 1 aliphatic rings. The fourth-order valence-corrected chi connectivity index (χ4v) is 2.47. The third-order valence-electron chi connectivity index (χ3n) is 3.40. The van der Waals surface area contributed by atoms with Crippen molar-refractivity contribution in [2.45, 2.75) is 39.2 Å². The first kappa shape index (κ1) is 14.4. The largest absolute Gasteiger partial charge is 0.393 e. The summed E-state index contributed by atoms with van der Waals surface area (Å²) in [4.78, 5) is 14.5. The lowest BCUT2D eigenvalue weighted by molar-refractivity contribution is -0.123. The smallest absolute Gasteiger partial charge is 0.229 e. The Morgan fingerprint density at radius 3 is 2.53 bits per heavy atom. The first-order valence-corrected chi connectivity index (χ1v) is 6.78. The Bertz CT molecular complexity index is 277. The maximum Gasteiger partial charge on any atom is 0.229 e. The highest BCUT2D eigenvalue weighted by molar-refractivity contribution is 7.80. The van der Waals surface area contributed by atoms with Gasteiger partial charge >= 0.3 is 0 Å². The van der Waals surface area contributed by atoms with Gasteiger partial charge in [-0.2, -0.15) is 0 Å². The Kier molecular flexibility index (Phi) is 5.85. The van der Waals surface area contributed by atoms with E-state index in [1.54, 1.807) is 0 Å². The molecule has 0 bridgehead atoms. The number of hydrogen-bond donors (Lipinski definition) is 2. The summed E-state index contributed by atoms with van der Waals surface area (Å²) in [5.74, 6) is -0.359. The molecule has 1 amide bonds. The first-order valence-electron chi connectivity index (χ1n) is 6.37. The van der Waals surface area contributed by atoms with Gasteiger partial charge in [0.15, 0.2) is 0 Å². The quantitative estimate of drug-likeness (QED) is 0.694. The van der Waals surface area contributed by atoms with Crippen molar-refractivity contribution in [1.82, 2.24) is 10.2 Å². The van der Waals surface area contributed by atoms with Crippen molar-refractivity contribution in [3.63, 3.8) is 0 Å². The van der Waals surface area contributed by atoms with E-state index in [2.05, 4.69) is 17.1 Å². The van der Waals surface area contributed by atoms with E-state index in [-0.39, 0.29) is 11.8 Å². The molecule has 5 heteroatoms. The predicted molar refractivity (Wildman–Crippen MR) is 73.8 cm³/mol. The average molecular weight is 257 g/mol. The summed E-state index contributed by atoms with van der Waals surface area (Å²) in [7, 11) is 0. The normalized spacial score (nSPS) is 19.9. The van der Waals surface area contributed by atoms with Gasteiger partial charge < -0.3 is 11.1 Å². The highest BCUT2D eigenvalue weighted by Gasteiger charge is 2.22. The first-order chi connectivity index (χ1) is 8.06. The summed E-state index contributed by atoms with van der Waals surface area (Å²) >= 11 is 4.89. The molecule has 0 saturated carbocycles. The second-order valence-electron chi connectivity index (χ2n) is 4.70. The number of rotatable bonds is 6. The van der Waals surface area contributed by atoms with E-state index >= 15 is 0 Å². The van der Waals surface area contributed by atoms with Crippen LogP contribution in [0.4, 0.5) is 0 Å². The lowest BCUT2D eigenvalue weighted by Crippen LogP contribution is -2.44. The molecule has 98 valence electrons. The van der Waals surface area contributed by atoms with E-state index in [4.69, 9.17) is 18.0 Å². The van der Waals surface area contributed by atoms with Gasteiger partial charge in [-0.3, -0.25) is 9.69 Å². The van der Waals surface area contributed by atoms with E-state index in [0.717, 1.165) is 13.1 Å². The van der Waals surface area contributed by atoms with Crippen LogP contribution >= 0.6 is 12.2 Å². The molecular weight excluding hydrogens is 234 g/mol. The topological polar surface area (TPSA) is 58.4 Å². The Hall–Kier alpha value is -0.680. The Morgan fingerprint density at radius 1 is 1.47 bits per heavy atom. The monoisotopic (exact) mass is 257 g/mol. The molecule has 3 N–H and O–H groups in total. The number of nitrogens with two attached hydrogens (primary N) is 1. The lowest BCUT2D eigenvalue weighted by Gasteiger charge is -2.24. The predicted octanol–water partition coefficient (Wildman–Crippen LogP) is 0.899. The molecule has 0 aromatic rings. The van der Waals surface area contributed by atoms with Crippen molar-refractivity contribution in [1.29, 1.82) is 0 Å². The Labute approximate surface area is 109 Å². The van der Waals surface area contributed by atoms with Gasteiger partial charge in [-0.25, -0.2) is 0 Å². The van der Waals surface area contributed by atoms with Crippen LogP contribution < -0.4 is 11.1 Å². The van der Waals surface area contributed by atoms with Gasteiger partial charge in [0, 0.05) is 12.6 Å². The van der Waals surface area contributed by atoms with E-state index in [1.807, 2.05) is 6.92 Å². The average Bonchev–Trinajstić information content (AvgIpc) is 2.79. The van der Waals surface area contributed by atoms with Gasteiger partial charge in [0.05, 0.1) is 10.9 Å². The molecule has 2 unspecified atom stereocenters. The summed E-state index contributed by atoms with van der Waals surface area (Å²) in [5.41, 5.74) is 5.54. The summed E-state index contributed by atoms with van der Waals surface area (Å²) in [6.07, 6.45) is 3.20. The molecule has 0 aromatic carbocycles. The zero-order valence-corrected chi connectivity index (χ0v) is 11.6. The zero-order chi connectivity index (χ0) is 12.8. The van der Waals surface area contributed by atoms with Crippen LogP contribution in [-0.4, -0.2) is 41.5 Å². The molecule has 0 aromatic heterocycles. The number of carbonyl (C=O) groups is 1. The Morgan fingerprint density at radius 2 is 2.06 bits per heavy atom. The van der Waals surface area contributed by atoms with Crippen LogP contribution in [0.2, 0.25) is 0 Å². The minimum Gasteiger partial charge on any atom is -0.393 e. The van der Waals surface area contributed by atoms with Crippen LogP contribution in [0.5, 0.6) is 0 Å².